The average molecular weight is 430 g/mol. The molecular weight excluding hydrogens is 414 g/mol. The molecule has 0 amide bonds. The number of allylic oxidation sites excluding steroid dienone is 1. The first-order chi connectivity index (χ1) is 12.8. The van der Waals surface area contributed by atoms with E-state index < -0.39 is 4.92 Å². The lowest BCUT2D eigenvalue weighted by molar-refractivity contribution is -0.386. The van der Waals surface area contributed by atoms with Crippen LogP contribution >= 0.6 is 15.9 Å². The Balaban J connectivity index is 1.73. The number of aromatic nitrogens is 2. The number of aryl methyl sites for hydroxylation is 1. The van der Waals surface area contributed by atoms with Gasteiger partial charge in [0.25, 0.3) is 0 Å². The van der Waals surface area contributed by atoms with E-state index in [1.54, 1.807) is 50.3 Å². The highest BCUT2D eigenvalue weighted by molar-refractivity contribution is 9.10. The number of carbonyl (C=O) groups excluding carboxylic acids is 1. The first-order valence-corrected chi connectivity index (χ1v) is 8.89. The standard InChI is InChI=1S/C19H16BrN3O4/c1-12-19(23(25)26)13(2)22(21-12)11-17-7-6-16(27-17)8-9-18(24)14-4-3-5-15(20)10-14/h3-10H,11H2,1-2H3/b9-8+. The molecule has 27 heavy (non-hydrogen) atoms. The highest BCUT2D eigenvalue weighted by atomic mass is 79.9. The molecule has 0 aliphatic carbocycles. The summed E-state index contributed by atoms with van der Waals surface area (Å²) in [5.41, 5.74) is 1.42. The third kappa shape index (κ3) is 4.22. The summed E-state index contributed by atoms with van der Waals surface area (Å²) in [5.74, 6) is 0.970. The maximum atomic E-state index is 12.2. The second-order valence-corrected chi connectivity index (χ2v) is 6.86. The molecule has 0 radical (unpaired) electrons. The lowest BCUT2D eigenvalue weighted by Crippen LogP contribution is -2.03. The van der Waals surface area contributed by atoms with Crippen LogP contribution in [0.25, 0.3) is 6.08 Å². The van der Waals surface area contributed by atoms with Gasteiger partial charge in [0.1, 0.15) is 22.9 Å². The van der Waals surface area contributed by atoms with E-state index in [9.17, 15) is 14.9 Å². The van der Waals surface area contributed by atoms with Gasteiger partial charge in [0.15, 0.2) is 5.78 Å². The molecule has 7 nitrogen and oxygen atoms in total. The first kappa shape index (κ1) is 18.8. The van der Waals surface area contributed by atoms with Crippen molar-refractivity contribution in [1.82, 2.24) is 9.78 Å². The summed E-state index contributed by atoms with van der Waals surface area (Å²) in [5, 5.41) is 15.3. The topological polar surface area (TPSA) is 91.2 Å². The van der Waals surface area contributed by atoms with Crippen molar-refractivity contribution in [3.8, 4) is 0 Å². The second kappa shape index (κ2) is 7.71. The number of benzene rings is 1. The normalized spacial score (nSPS) is 11.2. The largest absolute Gasteiger partial charge is 0.460 e. The van der Waals surface area contributed by atoms with Crippen LogP contribution in [0.2, 0.25) is 0 Å². The number of halogens is 1. The van der Waals surface area contributed by atoms with Crippen LogP contribution < -0.4 is 0 Å². The van der Waals surface area contributed by atoms with Gasteiger partial charge in [0, 0.05) is 10.0 Å². The highest BCUT2D eigenvalue weighted by Crippen LogP contribution is 2.23. The van der Waals surface area contributed by atoms with Crippen LogP contribution in [0.1, 0.15) is 33.3 Å². The molecule has 138 valence electrons. The first-order valence-electron chi connectivity index (χ1n) is 8.10. The van der Waals surface area contributed by atoms with Gasteiger partial charge in [-0.15, -0.1) is 0 Å². The van der Waals surface area contributed by atoms with Gasteiger partial charge < -0.3 is 4.42 Å². The van der Waals surface area contributed by atoms with Crippen LogP contribution in [0.4, 0.5) is 5.69 Å². The fraction of sp³-hybridized carbons (Fsp3) is 0.158. The molecule has 3 rings (SSSR count). The summed E-state index contributed by atoms with van der Waals surface area (Å²) in [6.45, 7) is 3.53. The minimum atomic E-state index is -0.433. The number of furan rings is 1. The van der Waals surface area contributed by atoms with E-state index in [1.807, 2.05) is 6.07 Å². The molecule has 0 saturated heterocycles. The van der Waals surface area contributed by atoms with Gasteiger partial charge in [-0.2, -0.15) is 5.10 Å². The van der Waals surface area contributed by atoms with Crippen LogP contribution in [0.15, 0.2) is 51.4 Å². The zero-order valence-corrected chi connectivity index (χ0v) is 16.3. The Kier molecular flexibility index (Phi) is 5.36. The van der Waals surface area contributed by atoms with Crippen molar-refractivity contribution in [3.63, 3.8) is 0 Å². The minimum Gasteiger partial charge on any atom is -0.460 e. The summed E-state index contributed by atoms with van der Waals surface area (Å²) in [7, 11) is 0. The molecule has 2 aromatic heterocycles. The molecule has 0 aliphatic rings. The fourth-order valence-corrected chi connectivity index (χ4v) is 3.12. The van der Waals surface area contributed by atoms with Gasteiger partial charge in [-0.05, 0) is 50.3 Å². The Bertz CT molecular complexity index is 1050. The van der Waals surface area contributed by atoms with Gasteiger partial charge >= 0.3 is 5.69 Å². The summed E-state index contributed by atoms with van der Waals surface area (Å²) >= 11 is 3.34. The number of nitrogens with zero attached hydrogens (tertiary/aromatic N) is 3. The van der Waals surface area contributed by atoms with E-state index in [0.29, 0.717) is 28.5 Å². The van der Waals surface area contributed by atoms with Gasteiger partial charge in [0.05, 0.1) is 11.5 Å². The second-order valence-electron chi connectivity index (χ2n) is 5.95. The van der Waals surface area contributed by atoms with E-state index in [4.69, 9.17) is 4.42 Å². The average Bonchev–Trinajstić information content (AvgIpc) is 3.17. The smallest absolute Gasteiger partial charge is 0.312 e. The van der Waals surface area contributed by atoms with Crippen LogP contribution in [0.5, 0.6) is 0 Å². The number of rotatable bonds is 6. The molecule has 0 atom stereocenters. The summed E-state index contributed by atoms with van der Waals surface area (Å²) in [6.07, 6.45) is 3.04. The molecule has 0 aliphatic heterocycles. The van der Waals surface area contributed by atoms with Crippen molar-refractivity contribution >= 4 is 33.5 Å². The van der Waals surface area contributed by atoms with E-state index >= 15 is 0 Å². The number of hydrogen-bond donors (Lipinski definition) is 0. The fourth-order valence-electron chi connectivity index (χ4n) is 2.72. The number of nitro groups is 1. The minimum absolute atomic E-state index is 0.0151. The zero-order valence-electron chi connectivity index (χ0n) is 14.7. The molecule has 0 spiro atoms. The monoisotopic (exact) mass is 429 g/mol. The predicted molar refractivity (Wildman–Crippen MR) is 104 cm³/mol. The summed E-state index contributed by atoms with van der Waals surface area (Å²) < 4.78 is 8.05. The third-order valence-electron chi connectivity index (χ3n) is 4.02. The van der Waals surface area contributed by atoms with Gasteiger partial charge in [-0.3, -0.25) is 19.6 Å². The molecule has 1 aromatic carbocycles. The predicted octanol–water partition coefficient (Wildman–Crippen LogP) is 4.71. The van der Waals surface area contributed by atoms with E-state index in [-0.39, 0.29) is 18.0 Å². The zero-order chi connectivity index (χ0) is 19.6. The van der Waals surface area contributed by atoms with Crippen molar-refractivity contribution in [2.75, 3.05) is 0 Å². The third-order valence-corrected chi connectivity index (χ3v) is 4.52. The molecule has 8 heteroatoms. The van der Waals surface area contributed by atoms with Crippen molar-refractivity contribution in [3.05, 3.63) is 85.5 Å². The van der Waals surface area contributed by atoms with Gasteiger partial charge in [-0.25, -0.2) is 0 Å². The van der Waals surface area contributed by atoms with E-state index in [0.717, 1.165) is 4.47 Å². The van der Waals surface area contributed by atoms with E-state index in [2.05, 4.69) is 21.0 Å². The Morgan fingerprint density at radius 1 is 1.33 bits per heavy atom. The van der Waals surface area contributed by atoms with Crippen molar-refractivity contribution in [2.45, 2.75) is 20.4 Å². The number of carbonyl (C=O) groups is 1. The number of hydrogen-bond acceptors (Lipinski definition) is 5. The van der Waals surface area contributed by atoms with Crippen molar-refractivity contribution in [1.29, 1.82) is 0 Å². The molecule has 0 unspecified atom stereocenters. The summed E-state index contributed by atoms with van der Waals surface area (Å²) in [4.78, 5) is 22.8. The Morgan fingerprint density at radius 3 is 2.78 bits per heavy atom. The van der Waals surface area contributed by atoms with Crippen LogP contribution in [0, 0.1) is 24.0 Å². The number of ketones is 1. The van der Waals surface area contributed by atoms with E-state index in [1.165, 1.54) is 10.8 Å². The molecule has 0 saturated carbocycles. The maximum absolute atomic E-state index is 12.2. The highest BCUT2D eigenvalue weighted by Gasteiger charge is 2.22. The molecule has 0 N–H and O–H groups in total. The Morgan fingerprint density at radius 2 is 2.11 bits per heavy atom. The van der Waals surface area contributed by atoms with Crippen LogP contribution in [0.3, 0.4) is 0 Å². The van der Waals surface area contributed by atoms with Crippen molar-refractivity contribution in [2.24, 2.45) is 0 Å². The molecule has 3 aromatic rings. The quantitative estimate of drug-likeness (QED) is 0.245. The molecule has 2 heterocycles. The lowest BCUT2D eigenvalue weighted by atomic mass is 10.1. The summed E-state index contributed by atoms with van der Waals surface area (Å²) in [6, 6.07) is 10.6. The Labute approximate surface area is 163 Å². The maximum Gasteiger partial charge on any atom is 0.312 e. The molecular formula is C19H16BrN3O4. The van der Waals surface area contributed by atoms with Crippen LogP contribution in [-0.2, 0) is 6.54 Å². The molecule has 0 bridgehead atoms. The Hall–Kier alpha value is -3.00. The van der Waals surface area contributed by atoms with Crippen molar-refractivity contribution < 1.29 is 14.1 Å². The lowest BCUT2D eigenvalue weighted by Gasteiger charge is -2.00. The van der Waals surface area contributed by atoms with Gasteiger partial charge in [-0.1, -0.05) is 28.1 Å². The SMILES string of the molecule is Cc1nn(Cc2ccc(/C=C/C(=O)c3cccc(Br)c3)o2)c(C)c1[N+](=O)[O-]. The molecule has 0 fully saturated rings. The van der Waals surface area contributed by atoms with Crippen LogP contribution in [-0.4, -0.2) is 20.5 Å². The van der Waals surface area contributed by atoms with Gasteiger partial charge in [0.2, 0.25) is 0 Å².